The fourth-order valence-electron chi connectivity index (χ4n) is 2.05. The van der Waals surface area contributed by atoms with Crippen molar-refractivity contribution in [1.82, 2.24) is 4.90 Å². The standard InChI is InChI=1S/C16H14F3NO/c1-10(12-5-3-4-6-14(12)18)20(2)16(21)13-8-7-11(17)9-15(13)19/h3-10H,1-2H3. The van der Waals surface area contributed by atoms with Crippen molar-refractivity contribution in [2.75, 3.05) is 7.05 Å². The summed E-state index contributed by atoms with van der Waals surface area (Å²) in [7, 11) is 1.45. The van der Waals surface area contributed by atoms with Crippen molar-refractivity contribution in [3.05, 3.63) is 71.0 Å². The van der Waals surface area contributed by atoms with E-state index in [1.807, 2.05) is 0 Å². The molecule has 2 rings (SSSR count). The van der Waals surface area contributed by atoms with Crippen LogP contribution in [-0.4, -0.2) is 17.9 Å². The van der Waals surface area contributed by atoms with Crippen LogP contribution in [0.1, 0.15) is 28.9 Å². The van der Waals surface area contributed by atoms with Crippen molar-refractivity contribution in [3.63, 3.8) is 0 Å². The molecule has 0 saturated carbocycles. The van der Waals surface area contributed by atoms with Crippen LogP contribution in [0.25, 0.3) is 0 Å². The van der Waals surface area contributed by atoms with Gasteiger partial charge in [0, 0.05) is 18.7 Å². The van der Waals surface area contributed by atoms with E-state index in [1.165, 1.54) is 18.0 Å². The molecule has 0 heterocycles. The quantitative estimate of drug-likeness (QED) is 0.839. The Bertz CT molecular complexity index is 672. The fraction of sp³-hybridized carbons (Fsp3) is 0.188. The molecule has 0 spiro atoms. The topological polar surface area (TPSA) is 20.3 Å². The Morgan fingerprint density at radius 2 is 1.71 bits per heavy atom. The molecule has 2 aromatic carbocycles. The van der Waals surface area contributed by atoms with Gasteiger partial charge in [0.05, 0.1) is 11.6 Å². The summed E-state index contributed by atoms with van der Waals surface area (Å²) in [5, 5.41) is 0. The summed E-state index contributed by atoms with van der Waals surface area (Å²) < 4.78 is 40.3. The van der Waals surface area contributed by atoms with E-state index >= 15 is 0 Å². The molecule has 1 amide bonds. The first kappa shape index (κ1) is 15.1. The highest BCUT2D eigenvalue weighted by atomic mass is 19.1. The third kappa shape index (κ3) is 3.07. The first-order valence-electron chi connectivity index (χ1n) is 6.38. The van der Waals surface area contributed by atoms with E-state index < -0.39 is 29.4 Å². The van der Waals surface area contributed by atoms with E-state index in [0.29, 0.717) is 11.6 Å². The summed E-state index contributed by atoms with van der Waals surface area (Å²) in [5.41, 5.74) is 0.0814. The van der Waals surface area contributed by atoms with Gasteiger partial charge in [0.2, 0.25) is 0 Å². The number of halogens is 3. The number of carbonyl (C=O) groups is 1. The van der Waals surface area contributed by atoms with Crippen LogP contribution in [0.15, 0.2) is 42.5 Å². The lowest BCUT2D eigenvalue weighted by atomic mass is 10.1. The molecule has 0 aromatic heterocycles. The van der Waals surface area contributed by atoms with Gasteiger partial charge in [-0.3, -0.25) is 4.79 Å². The minimum Gasteiger partial charge on any atom is -0.335 e. The number of rotatable bonds is 3. The maximum absolute atomic E-state index is 13.7. The molecule has 2 aromatic rings. The Labute approximate surface area is 120 Å². The highest BCUT2D eigenvalue weighted by molar-refractivity contribution is 5.94. The van der Waals surface area contributed by atoms with Crippen LogP contribution >= 0.6 is 0 Å². The zero-order valence-corrected chi connectivity index (χ0v) is 11.6. The second-order valence-electron chi connectivity index (χ2n) is 4.74. The van der Waals surface area contributed by atoms with E-state index in [2.05, 4.69) is 0 Å². The van der Waals surface area contributed by atoms with Crippen LogP contribution in [0.4, 0.5) is 13.2 Å². The van der Waals surface area contributed by atoms with Gasteiger partial charge >= 0.3 is 0 Å². The second kappa shape index (κ2) is 5.99. The summed E-state index contributed by atoms with van der Waals surface area (Å²) in [5.74, 6) is -2.77. The number of nitrogens with zero attached hydrogens (tertiary/aromatic N) is 1. The molecule has 0 radical (unpaired) electrons. The molecule has 0 aliphatic heterocycles. The molecular formula is C16H14F3NO. The molecule has 5 heteroatoms. The predicted molar refractivity (Wildman–Crippen MR) is 73.3 cm³/mol. The number of benzene rings is 2. The van der Waals surface area contributed by atoms with Gasteiger partial charge in [-0.2, -0.15) is 0 Å². The number of amides is 1. The number of hydrogen-bond donors (Lipinski definition) is 0. The van der Waals surface area contributed by atoms with Crippen LogP contribution in [0.3, 0.4) is 0 Å². The first-order valence-corrected chi connectivity index (χ1v) is 6.38. The van der Waals surface area contributed by atoms with E-state index in [9.17, 15) is 18.0 Å². The van der Waals surface area contributed by atoms with Crippen molar-refractivity contribution in [3.8, 4) is 0 Å². The number of carbonyl (C=O) groups excluding carboxylic acids is 1. The van der Waals surface area contributed by atoms with Crippen LogP contribution in [0, 0.1) is 17.5 Å². The summed E-state index contributed by atoms with van der Waals surface area (Å²) in [6, 6.07) is 8.22. The molecule has 0 aliphatic rings. The minimum absolute atomic E-state index is 0.248. The smallest absolute Gasteiger partial charge is 0.257 e. The maximum atomic E-state index is 13.7. The third-order valence-corrected chi connectivity index (χ3v) is 3.42. The summed E-state index contributed by atoms with van der Waals surface area (Å²) in [4.78, 5) is 13.5. The predicted octanol–water partition coefficient (Wildman–Crippen LogP) is 3.94. The molecule has 21 heavy (non-hydrogen) atoms. The normalized spacial score (nSPS) is 12.0. The lowest BCUT2D eigenvalue weighted by Gasteiger charge is -2.26. The molecule has 1 atom stereocenters. The molecule has 110 valence electrons. The van der Waals surface area contributed by atoms with Crippen molar-refractivity contribution >= 4 is 5.91 Å². The van der Waals surface area contributed by atoms with Crippen molar-refractivity contribution in [1.29, 1.82) is 0 Å². The van der Waals surface area contributed by atoms with Gasteiger partial charge in [-0.25, -0.2) is 13.2 Å². The SMILES string of the molecule is CC(c1ccccc1F)N(C)C(=O)c1ccc(F)cc1F. The van der Waals surface area contributed by atoms with Gasteiger partial charge in [-0.05, 0) is 25.1 Å². The largest absolute Gasteiger partial charge is 0.335 e. The lowest BCUT2D eigenvalue weighted by Crippen LogP contribution is -2.30. The maximum Gasteiger partial charge on any atom is 0.257 e. The highest BCUT2D eigenvalue weighted by Crippen LogP contribution is 2.24. The summed E-state index contributed by atoms with van der Waals surface area (Å²) in [6.07, 6.45) is 0. The lowest BCUT2D eigenvalue weighted by molar-refractivity contribution is 0.0735. The van der Waals surface area contributed by atoms with Gasteiger partial charge in [0.15, 0.2) is 0 Å². The van der Waals surface area contributed by atoms with E-state index in [4.69, 9.17) is 0 Å². The molecule has 0 saturated heterocycles. The second-order valence-corrected chi connectivity index (χ2v) is 4.74. The van der Waals surface area contributed by atoms with Gasteiger partial charge in [0.1, 0.15) is 17.5 Å². The Morgan fingerprint density at radius 1 is 1.05 bits per heavy atom. The Morgan fingerprint density at radius 3 is 2.33 bits per heavy atom. The zero-order valence-electron chi connectivity index (χ0n) is 11.6. The molecule has 2 nitrogen and oxygen atoms in total. The summed E-state index contributed by atoms with van der Waals surface area (Å²) in [6.45, 7) is 1.64. The van der Waals surface area contributed by atoms with E-state index in [-0.39, 0.29) is 5.56 Å². The number of hydrogen-bond acceptors (Lipinski definition) is 1. The Balaban J connectivity index is 2.29. The van der Waals surface area contributed by atoms with Gasteiger partial charge in [-0.15, -0.1) is 0 Å². The van der Waals surface area contributed by atoms with Crippen LogP contribution in [0.2, 0.25) is 0 Å². The monoisotopic (exact) mass is 293 g/mol. The minimum atomic E-state index is -0.937. The van der Waals surface area contributed by atoms with Crippen LogP contribution in [-0.2, 0) is 0 Å². The van der Waals surface area contributed by atoms with Crippen molar-refractivity contribution < 1.29 is 18.0 Å². The third-order valence-electron chi connectivity index (χ3n) is 3.42. The van der Waals surface area contributed by atoms with Crippen LogP contribution in [0.5, 0.6) is 0 Å². The molecule has 0 fully saturated rings. The Hall–Kier alpha value is -2.30. The van der Waals surface area contributed by atoms with Crippen molar-refractivity contribution in [2.45, 2.75) is 13.0 Å². The zero-order chi connectivity index (χ0) is 15.6. The molecular weight excluding hydrogens is 279 g/mol. The van der Waals surface area contributed by atoms with Gasteiger partial charge in [-0.1, -0.05) is 18.2 Å². The molecule has 0 aliphatic carbocycles. The van der Waals surface area contributed by atoms with E-state index in [0.717, 1.165) is 12.1 Å². The highest BCUT2D eigenvalue weighted by Gasteiger charge is 2.23. The fourth-order valence-corrected chi connectivity index (χ4v) is 2.05. The van der Waals surface area contributed by atoms with Gasteiger partial charge < -0.3 is 4.90 Å². The first-order chi connectivity index (χ1) is 9.91. The van der Waals surface area contributed by atoms with E-state index in [1.54, 1.807) is 25.1 Å². The Kier molecular flexibility index (Phi) is 4.31. The van der Waals surface area contributed by atoms with Crippen molar-refractivity contribution in [2.24, 2.45) is 0 Å². The molecule has 0 N–H and O–H groups in total. The van der Waals surface area contributed by atoms with Crippen LogP contribution < -0.4 is 0 Å². The molecule has 0 bridgehead atoms. The molecule has 1 unspecified atom stereocenters. The average molecular weight is 293 g/mol. The average Bonchev–Trinajstić information content (AvgIpc) is 2.45. The van der Waals surface area contributed by atoms with Gasteiger partial charge in [0.25, 0.3) is 5.91 Å². The summed E-state index contributed by atoms with van der Waals surface area (Å²) >= 11 is 0.